The maximum Gasteiger partial charge on any atom is 0.273 e. The standard InChI is InChI=1S/C22H22ClN3O3/c1-12-9-13(2)17(16(28)10-12)19-18-20(25-24-19)22(29)26(7-4-8-27)21(18)14-5-3-6-15(23)11-14/h3,5-6,9-11,21,27-28H,4,7-8H2,1-2H3,(H,24,25). The molecule has 4 rings (SSSR count). The van der Waals surface area contributed by atoms with Gasteiger partial charge < -0.3 is 15.1 Å². The van der Waals surface area contributed by atoms with Crippen molar-refractivity contribution in [3.05, 3.63) is 69.4 Å². The fourth-order valence-electron chi connectivity index (χ4n) is 4.14. The van der Waals surface area contributed by atoms with Crippen LogP contribution in [0.1, 0.15) is 45.2 Å². The Labute approximate surface area is 173 Å². The highest BCUT2D eigenvalue weighted by Crippen LogP contribution is 2.45. The van der Waals surface area contributed by atoms with Crippen molar-refractivity contribution in [2.45, 2.75) is 26.3 Å². The minimum Gasteiger partial charge on any atom is -0.507 e. The number of amides is 1. The number of nitrogens with one attached hydrogen (secondary N) is 1. The summed E-state index contributed by atoms with van der Waals surface area (Å²) in [4.78, 5) is 14.8. The van der Waals surface area contributed by atoms with Crippen molar-refractivity contribution in [3.63, 3.8) is 0 Å². The van der Waals surface area contributed by atoms with Crippen LogP contribution in [0, 0.1) is 13.8 Å². The highest BCUT2D eigenvalue weighted by molar-refractivity contribution is 6.30. The number of benzene rings is 2. The summed E-state index contributed by atoms with van der Waals surface area (Å²) in [6, 6.07) is 10.6. The zero-order chi connectivity index (χ0) is 20.7. The molecule has 3 N–H and O–H groups in total. The number of aromatic amines is 1. The van der Waals surface area contributed by atoms with Crippen molar-refractivity contribution in [2.75, 3.05) is 13.2 Å². The number of H-pyrrole nitrogens is 1. The number of hydrogen-bond donors (Lipinski definition) is 3. The second-order valence-electron chi connectivity index (χ2n) is 7.37. The van der Waals surface area contributed by atoms with Crippen LogP contribution < -0.4 is 0 Å². The number of aromatic nitrogens is 2. The summed E-state index contributed by atoms with van der Waals surface area (Å²) < 4.78 is 0. The molecule has 7 heteroatoms. The molecule has 150 valence electrons. The fourth-order valence-corrected chi connectivity index (χ4v) is 4.33. The summed E-state index contributed by atoms with van der Waals surface area (Å²) in [5.41, 5.74) is 4.97. The minimum atomic E-state index is -0.406. The Hall–Kier alpha value is -2.83. The first-order chi connectivity index (χ1) is 13.9. The molecule has 1 aliphatic rings. The Bertz CT molecular complexity index is 1070. The van der Waals surface area contributed by atoms with Gasteiger partial charge in [-0.3, -0.25) is 9.89 Å². The second kappa shape index (κ2) is 7.54. The number of carbonyl (C=O) groups excluding carboxylic acids is 1. The van der Waals surface area contributed by atoms with Gasteiger partial charge in [0, 0.05) is 29.3 Å². The molecule has 0 saturated heterocycles. The maximum atomic E-state index is 13.1. The summed E-state index contributed by atoms with van der Waals surface area (Å²) in [6.07, 6.45) is 0.463. The highest BCUT2D eigenvalue weighted by Gasteiger charge is 2.42. The van der Waals surface area contributed by atoms with E-state index in [4.69, 9.17) is 11.6 Å². The predicted octanol–water partition coefficient (Wildman–Crippen LogP) is 3.98. The van der Waals surface area contributed by atoms with Gasteiger partial charge in [-0.15, -0.1) is 0 Å². The van der Waals surface area contributed by atoms with E-state index in [-0.39, 0.29) is 18.3 Å². The van der Waals surface area contributed by atoms with Gasteiger partial charge >= 0.3 is 0 Å². The number of phenols is 1. The average molecular weight is 412 g/mol. The van der Waals surface area contributed by atoms with E-state index in [1.807, 2.05) is 38.1 Å². The number of aliphatic hydroxyl groups is 1. The number of phenolic OH excluding ortho intramolecular Hbond substituents is 1. The van der Waals surface area contributed by atoms with Gasteiger partial charge in [0.15, 0.2) is 0 Å². The Balaban J connectivity index is 1.92. The number of aryl methyl sites for hydroxylation is 2. The first-order valence-electron chi connectivity index (χ1n) is 9.48. The molecule has 1 atom stereocenters. The number of aliphatic hydroxyl groups excluding tert-OH is 1. The average Bonchev–Trinajstić information content (AvgIpc) is 3.19. The molecular formula is C22H22ClN3O3. The van der Waals surface area contributed by atoms with Crippen molar-refractivity contribution in [2.24, 2.45) is 0 Å². The van der Waals surface area contributed by atoms with Crippen LogP contribution in [0.5, 0.6) is 5.75 Å². The number of hydrogen-bond acceptors (Lipinski definition) is 4. The molecule has 6 nitrogen and oxygen atoms in total. The Morgan fingerprint density at radius 1 is 1.24 bits per heavy atom. The SMILES string of the molecule is Cc1cc(C)c(-c2n[nH]c3c2C(c2cccc(Cl)c2)N(CCCO)C3=O)c(O)c1. The van der Waals surface area contributed by atoms with Gasteiger partial charge in [-0.2, -0.15) is 5.10 Å². The molecule has 2 heterocycles. The summed E-state index contributed by atoms with van der Waals surface area (Å²) in [6.45, 7) is 4.22. The van der Waals surface area contributed by atoms with Crippen LogP contribution in [0.2, 0.25) is 5.02 Å². The number of halogens is 1. The van der Waals surface area contributed by atoms with Gasteiger partial charge in [-0.05, 0) is 55.2 Å². The van der Waals surface area contributed by atoms with E-state index in [0.717, 1.165) is 22.3 Å². The molecule has 1 unspecified atom stereocenters. The minimum absolute atomic E-state index is 0.0110. The molecule has 2 aromatic carbocycles. The van der Waals surface area contributed by atoms with E-state index in [9.17, 15) is 15.0 Å². The lowest BCUT2D eigenvalue weighted by Gasteiger charge is -2.26. The largest absolute Gasteiger partial charge is 0.507 e. The van der Waals surface area contributed by atoms with E-state index >= 15 is 0 Å². The number of aromatic hydroxyl groups is 1. The maximum absolute atomic E-state index is 13.1. The van der Waals surface area contributed by atoms with Crippen molar-refractivity contribution in [1.29, 1.82) is 0 Å². The zero-order valence-electron chi connectivity index (χ0n) is 16.2. The second-order valence-corrected chi connectivity index (χ2v) is 7.81. The van der Waals surface area contributed by atoms with Gasteiger partial charge in [-0.25, -0.2) is 0 Å². The third-order valence-corrected chi connectivity index (χ3v) is 5.52. The Kier molecular flexibility index (Phi) is 5.06. The third-order valence-electron chi connectivity index (χ3n) is 5.28. The van der Waals surface area contributed by atoms with E-state index in [0.29, 0.717) is 34.9 Å². The van der Waals surface area contributed by atoms with Gasteiger partial charge in [-0.1, -0.05) is 29.8 Å². The van der Waals surface area contributed by atoms with Crippen LogP contribution in [0.3, 0.4) is 0 Å². The molecule has 0 saturated carbocycles. The van der Waals surface area contributed by atoms with Crippen molar-refractivity contribution >= 4 is 17.5 Å². The van der Waals surface area contributed by atoms with Gasteiger partial charge in [0.2, 0.25) is 0 Å². The molecule has 3 aromatic rings. The lowest BCUT2D eigenvalue weighted by molar-refractivity contribution is 0.0732. The van der Waals surface area contributed by atoms with E-state index in [1.54, 1.807) is 17.0 Å². The molecule has 0 fully saturated rings. The molecular weight excluding hydrogens is 390 g/mol. The first-order valence-corrected chi connectivity index (χ1v) is 9.86. The molecule has 29 heavy (non-hydrogen) atoms. The van der Waals surface area contributed by atoms with E-state index < -0.39 is 6.04 Å². The zero-order valence-corrected chi connectivity index (χ0v) is 17.0. The van der Waals surface area contributed by atoms with Gasteiger partial charge in [0.25, 0.3) is 5.91 Å². The molecule has 0 radical (unpaired) electrons. The van der Waals surface area contributed by atoms with Crippen molar-refractivity contribution in [3.8, 4) is 17.0 Å². The van der Waals surface area contributed by atoms with E-state index in [2.05, 4.69) is 10.2 Å². The summed E-state index contributed by atoms with van der Waals surface area (Å²) in [7, 11) is 0. The quantitative estimate of drug-likeness (QED) is 0.592. The lowest BCUT2D eigenvalue weighted by atomic mass is 9.93. The van der Waals surface area contributed by atoms with E-state index in [1.165, 1.54) is 0 Å². The lowest BCUT2D eigenvalue weighted by Crippen LogP contribution is -2.31. The third kappa shape index (κ3) is 3.28. The van der Waals surface area contributed by atoms with Gasteiger partial charge in [0.05, 0.1) is 6.04 Å². The number of carbonyl (C=O) groups is 1. The van der Waals surface area contributed by atoms with Crippen LogP contribution in [0.15, 0.2) is 36.4 Å². The fraction of sp³-hybridized carbons (Fsp3) is 0.273. The topological polar surface area (TPSA) is 89.5 Å². The number of rotatable bonds is 5. The monoisotopic (exact) mass is 411 g/mol. The Morgan fingerprint density at radius 3 is 2.72 bits per heavy atom. The summed E-state index contributed by atoms with van der Waals surface area (Å²) in [5.74, 6) is -0.0515. The van der Waals surface area contributed by atoms with Crippen molar-refractivity contribution < 1.29 is 15.0 Å². The number of fused-ring (bicyclic) bond motifs is 1. The number of nitrogens with zero attached hydrogens (tertiary/aromatic N) is 2. The normalized spacial score (nSPS) is 15.8. The first kappa shape index (κ1) is 19.5. The Morgan fingerprint density at radius 2 is 2.03 bits per heavy atom. The van der Waals surface area contributed by atoms with Crippen LogP contribution in [0.25, 0.3) is 11.3 Å². The molecule has 0 aliphatic carbocycles. The highest BCUT2D eigenvalue weighted by atomic mass is 35.5. The molecule has 1 aliphatic heterocycles. The van der Waals surface area contributed by atoms with Gasteiger partial charge in [0.1, 0.15) is 17.1 Å². The summed E-state index contributed by atoms with van der Waals surface area (Å²) >= 11 is 6.23. The van der Waals surface area contributed by atoms with Crippen LogP contribution in [-0.4, -0.2) is 44.4 Å². The van der Waals surface area contributed by atoms with Crippen LogP contribution in [-0.2, 0) is 0 Å². The van der Waals surface area contributed by atoms with Crippen LogP contribution >= 0.6 is 11.6 Å². The summed E-state index contributed by atoms with van der Waals surface area (Å²) in [5, 5.41) is 27.8. The predicted molar refractivity (Wildman–Crippen MR) is 111 cm³/mol. The molecule has 0 spiro atoms. The molecule has 1 aromatic heterocycles. The van der Waals surface area contributed by atoms with Crippen molar-refractivity contribution in [1.82, 2.24) is 15.1 Å². The molecule has 1 amide bonds. The smallest absolute Gasteiger partial charge is 0.273 e. The molecule has 0 bridgehead atoms. The van der Waals surface area contributed by atoms with Crippen LogP contribution in [0.4, 0.5) is 0 Å².